The molecular formula is C50H86N10O13. The van der Waals surface area contributed by atoms with E-state index in [9.17, 15) is 53.1 Å². The molecule has 0 aliphatic rings. The number of aromatic nitrogens is 2. The molecule has 1 aromatic rings. The van der Waals surface area contributed by atoms with Crippen molar-refractivity contribution in [1.82, 2.24) is 52.5 Å². The summed E-state index contributed by atoms with van der Waals surface area (Å²) in [5.41, 5.74) is -3.73. The average molecular weight is 1040 g/mol. The van der Waals surface area contributed by atoms with Crippen LogP contribution in [-0.2, 0) is 59.0 Å². The van der Waals surface area contributed by atoms with Crippen LogP contribution in [0.3, 0.4) is 0 Å². The topological polar surface area (TPSA) is 334 Å². The smallest absolute Gasteiger partial charge is 0.408 e. The standard InChI is InChI=1S/C50H86N10O13/c1-17-72-44(68)37(23-30(8)9)57-46(70)50(15,16)60-43(67)36(24-31-25-51-26-52-31)55-41(65)34(21-28(4)5)54-40(64)33(20-27(2)3)53-39(63)32(18-19-38(61)62)56-45(69)49(13,14)59-42(66)35(22-29(6)7)58-47(71)73-48(10,11)12/h25-30,32-37H,17-24H2,1-16H3,(H,51,52)(H,53,63)(H,54,64)(H,55,65)(H,56,69)(H,57,70)(H,58,71)(H,59,66)(H,60,67)(H,61,62)/t32-,33-,34-,35-,36-,37-/m0/s1. The number of nitrogens with one attached hydrogen (secondary N) is 9. The van der Waals surface area contributed by atoms with Crippen molar-refractivity contribution in [2.45, 2.75) is 209 Å². The molecule has 0 unspecified atom stereocenters. The monoisotopic (exact) mass is 1030 g/mol. The molecule has 6 atom stereocenters. The number of nitrogens with zero attached hydrogens (tertiary/aromatic N) is 1. The summed E-state index contributed by atoms with van der Waals surface area (Å²) >= 11 is 0. The minimum atomic E-state index is -1.72. The third kappa shape index (κ3) is 24.8. The number of hydrogen-bond acceptors (Lipinski definition) is 13. The SMILES string of the molecule is CCOC(=O)[C@H](CC(C)C)NC(=O)C(C)(C)NC(=O)[C@H](Cc1cnc[nH]1)NC(=O)[C@H](CC(C)C)NC(=O)[C@H](CC(C)C)NC(=O)[C@H](CCC(=O)O)NC(=O)C(C)(C)NC(=O)[C@H](CC(C)C)NC(=O)OC(C)(C)C. The number of imidazole rings is 1. The molecule has 0 radical (unpaired) electrons. The zero-order chi connectivity index (χ0) is 56.2. The number of ether oxygens (including phenoxy) is 2. The normalized spacial score (nSPS) is 14.4. The van der Waals surface area contributed by atoms with Gasteiger partial charge in [0, 0.05) is 24.7 Å². The van der Waals surface area contributed by atoms with E-state index < -0.39 is 125 Å². The molecule has 0 bridgehead atoms. The van der Waals surface area contributed by atoms with Crippen molar-refractivity contribution in [1.29, 1.82) is 0 Å². The van der Waals surface area contributed by atoms with Gasteiger partial charge in [-0.15, -0.1) is 0 Å². The number of alkyl carbamates (subject to hydrolysis) is 1. The number of H-pyrrole nitrogens is 1. The maximum Gasteiger partial charge on any atom is 0.408 e. The number of carboxylic acid groups (broad SMARTS) is 1. The Morgan fingerprint density at radius 1 is 0.562 bits per heavy atom. The van der Waals surface area contributed by atoms with E-state index >= 15 is 0 Å². The number of amides is 8. The summed E-state index contributed by atoms with van der Waals surface area (Å²) in [6.07, 6.45) is 1.45. The van der Waals surface area contributed by atoms with Crippen LogP contribution < -0.4 is 42.5 Å². The Morgan fingerprint density at radius 2 is 0.959 bits per heavy atom. The van der Waals surface area contributed by atoms with Crippen molar-refractivity contribution in [2.24, 2.45) is 23.7 Å². The summed E-state index contributed by atoms with van der Waals surface area (Å²) in [5.74, 6) is -7.92. The Hall–Kier alpha value is -6.29. The van der Waals surface area contributed by atoms with Crippen LogP contribution >= 0.6 is 0 Å². The molecule has 414 valence electrons. The molecule has 0 fully saturated rings. The molecule has 0 aromatic carbocycles. The summed E-state index contributed by atoms with van der Waals surface area (Å²) < 4.78 is 10.5. The summed E-state index contributed by atoms with van der Waals surface area (Å²) in [6.45, 7) is 26.9. The van der Waals surface area contributed by atoms with Crippen molar-refractivity contribution in [3.8, 4) is 0 Å². The first-order valence-corrected chi connectivity index (χ1v) is 25.1. The van der Waals surface area contributed by atoms with Gasteiger partial charge in [0.15, 0.2) is 0 Å². The first-order chi connectivity index (χ1) is 33.6. The van der Waals surface area contributed by atoms with Crippen LogP contribution in [0, 0.1) is 23.7 Å². The lowest BCUT2D eigenvalue weighted by atomic mass is 9.98. The molecule has 0 saturated heterocycles. The number of carboxylic acids is 1. The Bertz CT molecular complexity index is 2030. The maximum atomic E-state index is 14.3. The third-order valence-corrected chi connectivity index (χ3v) is 10.9. The molecule has 1 aromatic heterocycles. The quantitative estimate of drug-likeness (QED) is 0.0496. The molecule has 23 nitrogen and oxygen atoms in total. The van der Waals surface area contributed by atoms with Crippen LogP contribution in [0.2, 0.25) is 0 Å². The van der Waals surface area contributed by atoms with Crippen molar-refractivity contribution in [2.75, 3.05) is 6.61 Å². The van der Waals surface area contributed by atoms with Gasteiger partial charge in [-0.25, -0.2) is 14.6 Å². The van der Waals surface area contributed by atoms with Gasteiger partial charge in [-0.05, 0) is 111 Å². The maximum absolute atomic E-state index is 14.3. The van der Waals surface area contributed by atoms with Gasteiger partial charge >= 0.3 is 18.0 Å². The number of esters is 1. The summed E-state index contributed by atoms with van der Waals surface area (Å²) in [4.78, 5) is 142. The lowest BCUT2D eigenvalue weighted by Gasteiger charge is -2.31. The highest BCUT2D eigenvalue weighted by Crippen LogP contribution is 2.16. The fourth-order valence-electron chi connectivity index (χ4n) is 7.25. The van der Waals surface area contributed by atoms with Crippen molar-refractivity contribution < 1.29 is 62.5 Å². The molecule has 0 aliphatic carbocycles. The van der Waals surface area contributed by atoms with Crippen molar-refractivity contribution >= 4 is 59.4 Å². The van der Waals surface area contributed by atoms with Crippen LogP contribution in [0.4, 0.5) is 4.79 Å². The Balaban J connectivity index is 3.45. The van der Waals surface area contributed by atoms with Gasteiger partial charge in [0.1, 0.15) is 52.9 Å². The molecule has 23 heteroatoms. The third-order valence-electron chi connectivity index (χ3n) is 10.9. The lowest BCUT2D eigenvalue weighted by molar-refractivity contribution is -0.148. The Labute approximate surface area is 430 Å². The second-order valence-corrected chi connectivity index (χ2v) is 22.1. The van der Waals surface area contributed by atoms with E-state index in [1.165, 1.54) is 40.2 Å². The molecule has 0 spiro atoms. The molecule has 8 amide bonds. The molecular weight excluding hydrogens is 949 g/mol. The second kappa shape index (κ2) is 29.4. The summed E-state index contributed by atoms with van der Waals surface area (Å²) in [6, 6.07) is -7.54. The van der Waals surface area contributed by atoms with Crippen LogP contribution in [0.15, 0.2) is 12.5 Å². The number of carbonyl (C=O) groups excluding carboxylic acids is 9. The highest BCUT2D eigenvalue weighted by Gasteiger charge is 2.39. The van der Waals surface area contributed by atoms with Gasteiger partial charge in [-0.3, -0.25) is 38.4 Å². The molecule has 1 rings (SSSR count). The van der Waals surface area contributed by atoms with E-state index in [1.807, 2.05) is 27.7 Å². The first-order valence-electron chi connectivity index (χ1n) is 25.1. The van der Waals surface area contributed by atoms with E-state index in [0.717, 1.165) is 0 Å². The number of aromatic amines is 1. The predicted octanol–water partition coefficient (Wildman–Crippen LogP) is 2.67. The van der Waals surface area contributed by atoms with E-state index in [-0.39, 0.29) is 62.4 Å². The first kappa shape index (κ1) is 64.7. The van der Waals surface area contributed by atoms with Gasteiger partial charge < -0.3 is 62.1 Å². The van der Waals surface area contributed by atoms with Gasteiger partial charge in [-0.1, -0.05) is 55.4 Å². The van der Waals surface area contributed by atoms with Crippen LogP contribution in [-0.4, -0.2) is 134 Å². The number of hydrogen-bond donors (Lipinski definition) is 10. The fourth-order valence-corrected chi connectivity index (χ4v) is 7.25. The van der Waals surface area contributed by atoms with Gasteiger partial charge in [0.25, 0.3) is 0 Å². The second-order valence-electron chi connectivity index (χ2n) is 22.1. The van der Waals surface area contributed by atoms with E-state index in [1.54, 1.807) is 55.4 Å². The predicted molar refractivity (Wildman–Crippen MR) is 271 cm³/mol. The van der Waals surface area contributed by atoms with Crippen LogP contribution in [0.25, 0.3) is 0 Å². The number of carbonyl (C=O) groups is 10. The molecule has 0 aliphatic heterocycles. The molecule has 0 saturated carbocycles. The average Bonchev–Trinajstić information content (AvgIpc) is 3.75. The summed E-state index contributed by atoms with van der Waals surface area (Å²) in [7, 11) is 0. The molecule has 1 heterocycles. The van der Waals surface area contributed by atoms with E-state index in [4.69, 9.17) is 9.47 Å². The Kier molecular flexibility index (Phi) is 26.1. The van der Waals surface area contributed by atoms with Crippen LogP contribution in [0.1, 0.15) is 155 Å². The van der Waals surface area contributed by atoms with Crippen molar-refractivity contribution in [3.05, 3.63) is 18.2 Å². The van der Waals surface area contributed by atoms with Gasteiger partial charge in [0.2, 0.25) is 41.4 Å². The largest absolute Gasteiger partial charge is 0.481 e. The van der Waals surface area contributed by atoms with Gasteiger partial charge in [-0.2, -0.15) is 0 Å². The van der Waals surface area contributed by atoms with E-state index in [2.05, 4.69) is 52.5 Å². The highest BCUT2D eigenvalue weighted by atomic mass is 16.6. The van der Waals surface area contributed by atoms with Crippen molar-refractivity contribution in [3.63, 3.8) is 0 Å². The zero-order valence-electron chi connectivity index (χ0n) is 45.9. The number of aliphatic carboxylic acids is 1. The van der Waals surface area contributed by atoms with Gasteiger partial charge in [0.05, 0.1) is 12.9 Å². The fraction of sp³-hybridized carbons (Fsp3) is 0.740. The lowest BCUT2D eigenvalue weighted by Crippen LogP contribution is -2.63. The molecule has 73 heavy (non-hydrogen) atoms. The Morgan fingerprint density at radius 3 is 1.36 bits per heavy atom. The van der Waals surface area contributed by atoms with E-state index in [0.29, 0.717) is 5.69 Å². The molecule has 10 N–H and O–H groups in total. The minimum absolute atomic E-state index is 0.0122. The van der Waals surface area contributed by atoms with Crippen LogP contribution in [0.5, 0.6) is 0 Å². The summed E-state index contributed by atoms with van der Waals surface area (Å²) in [5, 5.41) is 30.7. The number of rotatable bonds is 30. The zero-order valence-corrected chi connectivity index (χ0v) is 45.9. The highest BCUT2D eigenvalue weighted by molar-refractivity contribution is 5.99. The minimum Gasteiger partial charge on any atom is -0.481 e.